The van der Waals surface area contributed by atoms with Crippen molar-refractivity contribution in [3.8, 4) is 11.6 Å². The fourth-order valence-corrected chi connectivity index (χ4v) is 1.45. The highest BCUT2D eigenvalue weighted by atomic mass is 19.4. The van der Waals surface area contributed by atoms with E-state index in [2.05, 4.69) is 19.2 Å². The standard InChI is InChI=1S/C11H9F6NO4/c1-20-7(19)4-5-3-6(22-11(15,16)17)8(10(12,13)14)18-9(5)21-2/h3H,4H2,1-2H3. The summed E-state index contributed by atoms with van der Waals surface area (Å²) in [4.78, 5) is 14.1. The molecule has 1 rings (SSSR count). The van der Waals surface area contributed by atoms with Crippen molar-refractivity contribution < 1.29 is 45.3 Å². The van der Waals surface area contributed by atoms with Gasteiger partial charge in [-0.15, -0.1) is 13.2 Å². The Morgan fingerprint density at radius 1 is 1.18 bits per heavy atom. The van der Waals surface area contributed by atoms with E-state index in [4.69, 9.17) is 0 Å². The maximum Gasteiger partial charge on any atom is 0.573 e. The lowest BCUT2D eigenvalue weighted by atomic mass is 10.1. The van der Waals surface area contributed by atoms with E-state index in [-0.39, 0.29) is 5.56 Å². The molecule has 0 spiro atoms. The molecule has 0 aliphatic carbocycles. The average Bonchev–Trinajstić information content (AvgIpc) is 2.35. The van der Waals surface area contributed by atoms with Crippen LogP contribution in [0, 0.1) is 0 Å². The van der Waals surface area contributed by atoms with Crippen LogP contribution in [0.25, 0.3) is 0 Å². The van der Waals surface area contributed by atoms with Crippen molar-refractivity contribution in [3.05, 3.63) is 17.3 Å². The van der Waals surface area contributed by atoms with Crippen molar-refractivity contribution in [3.63, 3.8) is 0 Å². The SMILES string of the molecule is COC(=O)Cc1cc(OC(F)(F)F)c(C(F)(F)F)nc1OC. The van der Waals surface area contributed by atoms with Crippen LogP contribution < -0.4 is 9.47 Å². The Bertz CT molecular complexity index is 555. The molecule has 11 heteroatoms. The van der Waals surface area contributed by atoms with Crippen LogP contribution in [0.4, 0.5) is 26.3 Å². The number of ether oxygens (including phenoxy) is 3. The molecule has 5 nitrogen and oxygen atoms in total. The van der Waals surface area contributed by atoms with E-state index in [9.17, 15) is 31.1 Å². The number of pyridine rings is 1. The van der Waals surface area contributed by atoms with Gasteiger partial charge < -0.3 is 14.2 Å². The molecule has 0 saturated carbocycles. The van der Waals surface area contributed by atoms with Crippen molar-refractivity contribution >= 4 is 5.97 Å². The molecule has 1 heterocycles. The van der Waals surface area contributed by atoms with Gasteiger partial charge in [0.1, 0.15) is 0 Å². The molecule has 0 aliphatic heterocycles. The summed E-state index contributed by atoms with van der Waals surface area (Å²) in [6.07, 6.45) is -11.2. The molecule has 0 radical (unpaired) electrons. The second kappa shape index (κ2) is 6.28. The number of hydrogen-bond acceptors (Lipinski definition) is 5. The maximum atomic E-state index is 12.7. The molecule has 0 fully saturated rings. The molecule has 0 N–H and O–H groups in total. The van der Waals surface area contributed by atoms with Crippen molar-refractivity contribution in [2.45, 2.75) is 19.0 Å². The highest BCUT2D eigenvalue weighted by Gasteiger charge is 2.42. The summed E-state index contributed by atoms with van der Waals surface area (Å²) in [5, 5.41) is 0. The zero-order chi connectivity index (χ0) is 17.1. The van der Waals surface area contributed by atoms with Crippen molar-refractivity contribution in [1.29, 1.82) is 0 Å². The van der Waals surface area contributed by atoms with E-state index in [1.54, 1.807) is 0 Å². The summed E-state index contributed by atoms with van der Waals surface area (Å²) < 4.78 is 87.0. The monoisotopic (exact) mass is 333 g/mol. The van der Waals surface area contributed by atoms with Crippen LogP contribution in [0.15, 0.2) is 6.07 Å². The Morgan fingerprint density at radius 2 is 1.77 bits per heavy atom. The third kappa shape index (κ3) is 4.67. The van der Waals surface area contributed by atoms with Crippen LogP contribution in [0.1, 0.15) is 11.3 Å². The number of aromatic nitrogens is 1. The van der Waals surface area contributed by atoms with Gasteiger partial charge in [-0.2, -0.15) is 13.2 Å². The van der Waals surface area contributed by atoms with E-state index < -0.39 is 42.3 Å². The van der Waals surface area contributed by atoms with Gasteiger partial charge in [0.25, 0.3) is 0 Å². The average molecular weight is 333 g/mol. The maximum absolute atomic E-state index is 12.7. The zero-order valence-electron chi connectivity index (χ0n) is 11.1. The van der Waals surface area contributed by atoms with Gasteiger partial charge in [-0.3, -0.25) is 4.79 Å². The van der Waals surface area contributed by atoms with Gasteiger partial charge in [0.05, 0.1) is 20.6 Å². The molecule has 0 aromatic carbocycles. The third-order valence-corrected chi connectivity index (χ3v) is 2.28. The minimum Gasteiger partial charge on any atom is -0.481 e. The quantitative estimate of drug-likeness (QED) is 0.626. The molecule has 0 atom stereocenters. The zero-order valence-corrected chi connectivity index (χ0v) is 11.1. The summed E-state index contributed by atoms with van der Waals surface area (Å²) in [7, 11) is 1.95. The van der Waals surface area contributed by atoms with E-state index in [1.807, 2.05) is 0 Å². The van der Waals surface area contributed by atoms with Crippen LogP contribution in [-0.4, -0.2) is 31.5 Å². The van der Waals surface area contributed by atoms with Crippen LogP contribution in [0.3, 0.4) is 0 Å². The predicted octanol–water partition coefficient (Wildman–Crippen LogP) is 2.72. The van der Waals surface area contributed by atoms with Gasteiger partial charge in [0.2, 0.25) is 5.88 Å². The molecular formula is C11H9F6NO4. The van der Waals surface area contributed by atoms with E-state index in [1.165, 1.54) is 0 Å². The lowest BCUT2D eigenvalue weighted by molar-refractivity contribution is -0.276. The Morgan fingerprint density at radius 3 is 2.18 bits per heavy atom. The summed E-state index contributed by atoms with van der Waals surface area (Å²) in [6, 6.07) is 0.388. The minimum absolute atomic E-state index is 0.346. The molecule has 0 aliphatic rings. The fourth-order valence-electron chi connectivity index (χ4n) is 1.45. The lowest BCUT2D eigenvalue weighted by Gasteiger charge is -2.17. The predicted molar refractivity (Wildman–Crippen MR) is 58.2 cm³/mol. The Labute approximate surface area is 119 Å². The van der Waals surface area contributed by atoms with Gasteiger partial charge >= 0.3 is 18.5 Å². The number of nitrogens with zero attached hydrogens (tertiary/aromatic N) is 1. The normalized spacial score (nSPS) is 12.0. The first-order valence-corrected chi connectivity index (χ1v) is 5.45. The summed E-state index contributed by atoms with van der Waals surface area (Å²) in [6.45, 7) is 0. The molecule has 0 saturated heterocycles. The summed E-state index contributed by atoms with van der Waals surface area (Å²) in [5.74, 6) is -3.15. The third-order valence-electron chi connectivity index (χ3n) is 2.28. The van der Waals surface area contributed by atoms with Crippen molar-refractivity contribution in [2.24, 2.45) is 0 Å². The molecule has 22 heavy (non-hydrogen) atoms. The molecule has 0 unspecified atom stereocenters. The first kappa shape index (κ1) is 17.9. The summed E-state index contributed by atoms with van der Waals surface area (Å²) >= 11 is 0. The fraction of sp³-hybridized carbons (Fsp3) is 0.455. The Kier molecular flexibility index (Phi) is 5.09. The second-order valence-electron chi connectivity index (χ2n) is 3.80. The number of carbonyl (C=O) groups is 1. The van der Waals surface area contributed by atoms with Gasteiger partial charge in [0, 0.05) is 5.56 Å². The highest BCUT2D eigenvalue weighted by Crippen LogP contribution is 2.39. The molecule has 1 aromatic heterocycles. The largest absolute Gasteiger partial charge is 0.573 e. The van der Waals surface area contributed by atoms with Gasteiger partial charge in [-0.25, -0.2) is 4.98 Å². The van der Waals surface area contributed by atoms with Crippen molar-refractivity contribution in [1.82, 2.24) is 4.98 Å². The lowest BCUT2D eigenvalue weighted by Crippen LogP contribution is -2.22. The smallest absolute Gasteiger partial charge is 0.481 e. The number of esters is 1. The minimum atomic E-state index is -5.36. The number of carbonyl (C=O) groups excluding carboxylic acids is 1. The van der Waals surface area contributed by atoms with Crippen molar-refractivity contribution in [2.75, 3.05) is 14.2 Å². The molecule has 0 bridgehead atoms. The molecular weight excluding hydrogens is 324 g/mol. The molecule has 124 valence electrons. The Hall–Kier alpha value is -2.20. The van der Waals surface area contributed by atoms with E-state index in [0.717, 1.165) is 14.2 Å². The first-order chi connectivity index (χ1) is 9.97. The number of methoxy groups -OCH3 is 2. The first-order valence-electron chi connectivity index (χ1n) is 5.45. The Balaban J connectivity index is 3.42. The number of hydrogen-bond donors (Lipinski definition) is 0. The van der Waals surface area contributed by atoms with E-state index in [0.29, 0.717) is 6.07 Å². The van der Waals surface area contributed by atoms with Crippen LogP contribution in [0.2, 0.25) is 0 Å². The molecule has 0 amide bonds. The summed E-state index contributed by atoms with van der Waals surface area (Å²) in [5.41, 5.74) is -2.27. The van der Waals surface area contributed by atoms with Crippen LogP contribution in [0.5, 0.6) is 11.6 Å². The number of alkyl halides is 6. The van der Waals surface area contributed by atoms with Crippen LogP contribution in [-0.2, 0) is 22.1 Å². The number of halogens is 6. The topological polar surface area (TPSA) is 57.7 Å². The van der Waals surface area contributed by atoms with Gasteiger partial charge in [0.15, 0.2) is 11.4 Å². The second-order valence-corrected chi connectivity index (χ2v) is 3.80. The highest BCUT2D eigenvalue weighted by molar-refractivity contribution is 5.73. The van der Waals surface area contributed by atoms with Crippen LogP contribution >= 0.6 is 0 Å². The number of rotatable bonds is 4. The van der Waals surface area contributed by atoms with Gasteiger partial charge in [-0.05, 0) is 6.07 Å². The van der Waals surface area contributed by atoms with Gasteiger partial charge in [-0.1, -0.05) is 0 Å². The van der Waals surface area contributed by atoms with E-state index >= 15 is 0 Å². The molecule has 1 aromatic rings.